The minimum atomic E-state index is -0.762. The number of halogens is 1. The molecule has 0 unspecified atom stereocenters. The van der Waals surface area contributed by atoms with Crippen LogP contribution in [0.15, 0.2) is 65.1 Å². The lowest BCUT2D eigenvalue weighted by atomic mass is 10.1. The topological polar surface area (TPSA) is 85.2 Å². The van der Waals surface area contributed by atoms with E-state index >= 15 is 0 Å². The molecule has 0 saturated heterocycles. The number of hydrogen-bond donors (Lipinski definition) is 1. The maximum absolute atomic E-state index is 12.8. The van der Waals surface area contributed by atoms with E-state index in [1.54, 1.807) is 19.9 Å². The van der Waals surface area contributed by atoms with Crippen LogP contribution in [-0.4, -0.2) is 34.8 Å². The van der Waals surface area contributed by atoms with Crippen molar-refractivity contribution >= 4 is 50.5 Å². The van der Waals surface area contributed by atoms with Gasteiger partial charge in [-0.05, 0) is 50.2 Å². The highest BCUT2D eigenvalue weighted by atomic mass is 79.9. The van der Waals surface area contributed by atoms with Gasteiger partial charge in [0.05, 0.1) is 35.5 Å². The van der Waals surface area contributed by atoms with Gasteiger partial charge in [0.2, 0.25) is 0 Å². The number of carbonyl (C=O) groups is 2. The summed E-state index contributed by atoms with van der Waals surface area (Å²) in [6.07, 6.45) is -1.49. The number of nitrogens with one attached hydrogen (secondary N) is 1. The van der Waals surface area contributed by atoms with Crippen LogP contribution in [0.5, 0.6) is 0 Å². The van der Waals surface area contributed by atoms with Crippen molar-refractivity contribution in [2.45, 2.75) is 13.8 Å². The van der Waals surface area contributed by atoms with Gasteiger partial charge in [0.1, 0.15) is 5.82 Å². The second-order valence-corrected chi connectivity index (χ2v) is 7.65. The van der Waals surface area contributed by atoms with Gasteiger partial charge in [0.25, 0.3) is 0 Å². The van der Waals surface area contributed by atoms with Crippen LogP contribution >= 0.6 is 15.9 Å². The van der Waals surface area contributed by atoms with E-state index in [9.17, 15) is 9.59 Å². The molecule has 2 heterocycles. The number of rotatable bonds is 4. The summed E-state index contributed by atoms with van der Waals surface area (Å²) in [6, 6.07) is 19.0. The number of aromatic nitrogens is 2. The highest BCUT2D eigenvalue weighted by molar-refractivity contribution is 9.10. The highest BCUT2D eigenvalue weighted by Gasteiger charge is 2.25. The summed E-state index contributed by atoms with van der Waals surface area (Å²) in [5, 5.41) is 1.05. The molecule has 0 saturated carbocycles. The van der Waals surface area contributed by atoms with Crippen molar-refractivity contribution in [3.05, 3.63) is 65.1 Å². The van der Waals surface area contributed by atoms with Crippen LogP contribution < -0.4 is 10.4 Å². The van der Waals surface area contributed by atoms with Gasteiger partial charge in [-0.15, -0.1) is 0 Å². The zero-order valence-corrected chi connectivity index (χ0v) is 19.1. The Balaban J connectivity index is 1.96. The number of hydrazine groups is 1. The fraction of sp³-hybridized carbons (Fsp3) is 0.174. The molecule has 4 rings (SSSR count). The van der Waals surface area contributed by atoms with Gasteiger partial charge >= 0.3 is 12.2 Å². The van der Waals surface area contributed by atoms with E-state index in [1.165, 1.54) is 0 Å². The summed E-state index contributed by atoms with van der Waals surface area (Å²) in [7, 11) is 0. The van der Waals surface area contributed by atoms with E-state index in [2.05, 4.69) is 21.4 Å². The molecule has 8 nitrogen and oxygen atoms in total. The van der Waals surface area contributed by atoms with Crippen LogP contribution in [0.4, 0.5) is 15.4 Å². The first kappa shape index (κ1) is 21.6. The minimum Gasteiger partial charge on any atom is -0.449 e. The molecule has 0 spiro atoms. The van der Waals surface area contributed by atoms with Gasteiger partial charge in [0, 0.05) is 10.0 Å². The van der Waals surface area contributed by atoms with Gasteiger partial charge in [-0.25, -0.2) is 20.0 Å². The van der Waals surface area contributed by atoms with Crippen LogP contribution in [-0.2, 0) is 9.47 Å². The predicted molar refractivity (Wildman–Crippen MR) is 125 cm³/mol. The fourth-order valence-corrected chi connectivity index (χ4v) is 3.69. The average molecular weight is 497 g/mol. The van der Waals surface area contributed by atoms with Crippen LogP contribution in [0.3, 0.4) is 0 Å². The summed E-state index contributed by atoms with van der Waals surface area (Å²) in [5.41, 5.74) is 6.39. The normalized spacial score (nSPS) is 10.8. The Kier molecular flexibility index (Phi) is 6.27. The molecule has 2 aromatic carbocycles. The number of fused-ring (bicyclic) bond motifs is 3. The summed E-state index contributed by atoms with van der Waals surface area (Å²) >= 11 is 3.46. The molecule has 164 valence electrons. The Morgan fingerprint density at radius 1 is 0.969 bits per heavy atom. The Bertz CT molecular complexity index is 1290. The molecule has 0 bridgehead atoms. The van der Waals surface area contributed by atoms with Crippen molar-refractivity contribution in [2.75, 3.05) is 18.2 Å². The lowest BCUT2D eigenvalue weighted by molar-refractivity contribution is 0.138. The molecular formula is C23H21BrN4O4. The second kappa shape index (κ2) is 9.27. The Morgan fingerprint density at radius 2 is 1.69 bits per heavy atom. The maximum Gasteiger partial charge on any atom is 0.434 e. The van der Waals surface area contributed by atoms with Crippen LogP contribution in [0.1, 0.15) is 13.8 Å². The zero-order valence-electron chi connectivity index (χ0n) is 17.5. The van der Waals surface area contributed by atoms with Gasteiger partial charge in [-0.3, -0.25) is 4.40 Å². The summed E-state index contributed by atoms with van der Waals surface area (Å²) in [6.45, 7) is 3.69. The van der Waals surface area contributed by atoms with Crippen molar-refractivity contribution in [3.8, 4) is 11.3 Å². The van der Waals surface area contributed by atoms with Crippen molar-refractivity contribution in [1.82, 2.24) is 14.8 Å². The van der Waals surface area contributed by atoms with E-state index in [4.69, 9.17) is 14.5 Å². The minimum absolute atomic E-state index is 0.148. The third-order valence-corrected chi connectivity index (χ3v) is 5.26. The van der Waals surface area contributed by atoms with Crippen molar-refractivity contribution in [3.63, 3.8) is 0 Å². The molecule has 1 N–H and O–H groups in total. The molecule has 4 aromatic rings. The summed E-state index contributed by atoms with van der Waals surface area (Å²) in [5.74, 6) is 0.392. The van der Waals surface area contributed by atoms with Gasteiger partial charge < -0.3 is 9.47 Å². The van der Waals surface area contributed by atoms with Crippen LogP contribution in [0.2, 0.25) is 0 Å². The second-order valence-electron chi connectivity index (χ2n) is 6.73. The van der Waals surface area contributed by atoms with E-state index in [1.807, 2.05) is 59.0 Å². The monoisotopic (exact) mass is 496 g/mol. The molecule has 9 heteroatoms. The van der Waals surface area contributed by atoms with Crippen molar-refractivity contribution in [2.24, 2.45) is 0 Å². The number of para-hydroxylation sites is 2. The third kappa shape index (κ3) is 4.11. The number of ether oxygens (including phenoxy) is 2. The SMILES string of the molecule is CCOC(=O)NN(C(=O)OCC)c1ccc2c(-c3ccc(Br)cc3)nc3ccccc3n12. The molecule has 0 radical (unpaired) electrons. The number of hydrogen-bond acceptors (Lipinski definition) is 5. The van der Waals surface area contributed by atoms with E-state index in [0.29, 0.717) is 5.82 Å². The first-order valence-corrected chi connectivity index (χ1v) is 10.9. The average Bonchev–Trinajstić information content (AvgIpc) is 3.23. The van der Waals surface area contributed by atoms with E-state index in [-0.39, 0.29) is 13.2 Å². The van der Waals surface area contributed by atoms with Crippen LogP contribution in [0, 0.1) is 0 Å². The molecule has 2 amide bonds. The van der Waals surface area contributed by atoms with E-state index in [0.717, 1.165) is 37.3 Å². The molecule has 0 aliphatic carbocycles. The number of nitrogens with zero attached hydrogens (tertiary/aromatic N) is 3. The Hall–Kier alpha value is -3.59. The fourth-order valence-electron chi connectivity index (χ4n) is 3.42. The standard InChI is InChI=1S/C23H21BrN4O4/c1-3-31-22(29)26-28(23(30)32-4-2)20-14-13-19-21(15-9-11-16(24)12-10-15)25-17-7-5-6-8-18(17)27(19)20/h5-14H,3-4H2,1-2H3,(H,26,29). The lowest BCUT2D eigenvalue weighted by Gasteiger charge is -2.22. The van der Waals surface area contributed by atoms with Gasteiger partial charge in [0.15, 0.2) is 0 Å². The largest absolute Gasteiger partial charge is 0.449 e. The van der Waals surface area contributed by atoms with Crippen molar-refractivity contribution < 1.29 is 19.1 Å². The highest BCUT2D eigenvalue weighted by Crippen LogP contribution is 2.32. The number of carbonyl (C=O) groups excluding carboxylic acids is 2. The quantitative estimate of drug-likeness (QED) is 0.374. The molecule has 0 atom stereocenters. The van der Waals surface area contributed by atoms with Crippen LogP contribution in [0.25, 0.3) is 27.8 Å². The van der Waals surface area contributed by atoms with Crippen molar-refractivity contribution in [1.29, 1.82) is 0 Å². The van der Waals surface area contributed by atoms with Gasteiger partial charge in [-0.1, -0.05) is 40.2 Å². The molecule has 0 fully saturated rings. The summed E-state index contributed by atoms with van der Waals surface area (Å²) in [4.78, 5) is 29.8. The predicted octanol–water partition coefficient (Wildman–Crippen LogP) is 5.54. The molecule has 0 aliphatic heterocycles. The Morgan fingerprint density at radius 3 is 2.41 bits per heavy atom. The first-order valence-electron chi connectivity index (χ1n) is 10.1. The Labute approximate surface area is 192 Å². The zero-order chi connectivity index (χ0) is 22.7. The number of amides is 2. The third-order valence-electron chi connectivity index (χ3n) is 4.73. The molecule has 32 heavy (non-hydrogen) atoms. The smallest absolute Gasteiger partial charge is 0.434 e. The van der Waals surface area contributed by atoms with Gasteiger partial charge in [-0.2, -0.15) is 5.01 Å². The molecule has 0 aliphatic rings. The van der Waals surface area contributed by atoms with E-state index < -0.39 is 12.2 Å². The number of anilines is 1. The number of benzene rings is 2. The maximum atomic E-state index is 12.8. The lowest BCUT2D eigenvalue weighted by Crippen LogP contribution is -2.47. The molecular weight excluding hydrogens is 476 g/mol. The summed E-state index contributed by atoms with van der Waals surface area (Å²) < 4.78 is 13.0. The molecule has 2 aromatic heterocycles. The first-order chi connectivity index (χ1) is 15.5.